The van der Waals surface area contributed by atoms with Gasteiger partial charge in [0.05, 0.1) is 11.5 Å². The summed E-state index contributed by atoms with van der Waals surface area (Å²) in [6, 6.07) is 20.4. The Hall–Kier alpha value is -5.79. The molecule has 14 nitrogen and oxygen atoms in total. The number of nitro groups is 1. The molecule has 1 fully saturated rings. The van der Waals surface area contributed by atoms with Crippen LogP contribution in [0.2, 0.25) is 0 Å². The number of nitro benzene ring substituents is 1. The number of rotatable bonds is 17. The Kier molecular flexibility index (Phi) is 12.5. The van der Waals surface area contributed by atoms with Crippen LogP contribution in [0.5, 0.6) is 5.75 Å². The van der Waals surface area contributed by atoms with Gasteiger partial charge in [0.2, 0.25) is 17.3 Å². The number of ether oxygens (including phenoxy) is 1. The van der Waals surface area contributed by atoms with Crippen molar-refractivity contribution in [2.24, 2.45) is 5.92 Å². The lowest BCUT2D eigenvalue weighted by molar-refractivity contribution is -0.383. The first-order chi connectivity index (χ1) is 26.3. The van der Waals surface area contributed by atoms with E-state index in [9.17, 15) is 24.5 Å². The molecule has 1 aliphatic carbocycles. The van der Waals surface area contributed by atoms with Gasteiger partial charge in [-0.25, -0.2) is 4.63 Å². The summed E-state index contributed by atoms with van der Waals surface area (Å²) >= 11 is 0. The van der Waals surface area contributed by atoms with E-state index in [0.717, 1.165) is 54.3 Å². The molecule has 5 aromatic rings. The Labute approximate surface area is 313 Å². The van der Waals surface area contributed by atoms with Crippen LogP contribution < -0.4 is 20.3 Å². The maximum absolute atomic E-state index is 13.7. The van der Waals surface area contributed by atoms with Crippen molar-refractivity contribution in [1.29, 1.82) is 0 Å². The maximum atomic E-state index is 13.7. The summed E-state index contributed by atoms with van der Waals surface area (Å²) in [4.78, 5) is 52.8. The predicted molar refractivity (Wildman–Crippen MR) is 204 cm³/mol. The van der Waals surface area contributed by atoms with Gasteiger partial charge in [-0.2, -0.15) is 0 Å². The zero-order chi connectivity index (χ0) is 38.0. The first-order valence-corrected chi connectivity index (χ1v) is 18.9. The number of likely N-dealkylation sites (N-methyl/N-ethyl adjacent to an activating group) is 1. The fourth-order valence-corrected chi connectivity index (χ4v) is 7.21. The number of non-ortho nitro benzene ring substituents is 1. The minimum atomic E-state index is -0.538. The second-order valence-electron chi connectivity index (χ2n) is 13.7. The zero-order valence-corrected chi connectivity index (χ0v) is 30.8. The molecule has 3 aromatic carbocycles. The molecular formula is C40H47N7O7. The van der Waals surface area contributed by atoms with Crippen LogP contribution in [0.25, 0.3) is 21.9 Å². The largest absolute Gasteiger partial charge is 0.491 e. The highest BCUT2D eigenvalue weighted by atomic mass is 16.6. The molecule has 0 atom stereocenters. The van der Waals surface area contributed by atoms with Crippen LogP contribution in [0.4, 0.5) is 11.4 Å². The molecule has 3 amide bonds. The molecule has 0 spiro atoms. The van der Waals surface area contributed by atoms with Crippen LogP contribution in [0.3, 0.4) is 0 Å². The van der Waals surface area contributed by atoms with Crippen molar-refractivity contribution >= 4 is 51.0 Å². The van der Waals surface area contributed by atoms with Gasteiger partial charge >= 0.3 is 5.69 Å². The van der Waals surface area contributed by atoms with Crippen molar-refractivity contribution in [3.8, 4) is 5.75 Å². The summed E-state index contributed by atoms with van der Waals surface area (Å²) in [5.41, 5.74) is 3.39. The summed E-state index contributed by atoms with van der Waals surface area (Å²) in [6.45, 7) is 5.60. The normalized spacial score (nSPS) is 15.6. The standard InChI is InChI=1S/C40H47N7O7/c1-3-27-12-11-14-31(24-27)45(4-2)36(48)26-46-32-15-8-7-13-29(32)25-34(46)40(50)42-30-18-16-28(17-19-30)39(49)41-22-9-5-6-10-23-53-35-21-20-33(47(51)52)37-38(35)44-54-43-37/h7-8,11-15,20-21,24-25,28,30H,3-6,9-10,16-19,22-23,26H2,1-2H3,(H,41,49)(H,42,50)/t28-,30-. The number of nitrogens with one attached hydrogen (secondary N) is 2. The lowest BCUT2D eigenvalue weighted by Gasteiger charge is -2.28. The van der Waals surface area contributed by atoms with Gasteiger partial charge in [0.25, 0.3) is 5.91 Å². The number of carbonyl (C=O) groups is 3. The van der Waals surface area contributed by atoms with Gasteiger partial charge in [-0.3, -0.25) is 24.5 Å². The molecule has 2 N–H and O–H groups in total. The van der Waals surface area contributed by atoms with Gasteiger partial charge < -0.3 is 24.8 Å². The molecule has 0 aliphatic heterocycles. The monoisotopic (exact) mass is 737 g/mol. The Bertz CT molecular complexity index is 2100. The van der Waals surface area contributed by atoms with Crippen LogP contribution in [-0.4, -0.2) is 63.3 Å². The fourth-order valence-electron chi connectivity index (χ4n) is 7.21. The molecular weight excluding hydrogens is 690 g/mol. The smallest absolute Gasteiger partial charge is 0.301 e. The number of carbonyl (C=O) groups excluding carboxylic acids is 3. The highest BCUT2D eigenvalue weighted by Gasteiger charge is 2.29. The molecule has 1 aliphatic rings. The minimum absolute atomic E-state index is 0.0359. The van der Waals surface area contributed by atoms with Gasteiger partial charge in [-0.05, 0) is 98.1 Å². The van der Waals surface area contributed by atoms with Crippen LogP contribution in [0, 0.1) is 16.0 Å². The molecule has 0 radical (unpaired) electrons. The Balaban J connectivity index is 0.928. The molecule has 2 heterocycles. The van der Waals surface area contributed by atoms with Crippen molar-refractivity contribution in [1.82, 2.24) is 25.5 Å². The van der Waals surface area contributed by atoms with E-state index in [1.54, 1.807) is 4.90 Å². The van der Waals surface area contributed by atoms with Gasteiger partial charge in [-0.1, -0.05) is 50.1 Å². The van der Waals surface area contributed by atoms with E-state index in [1.807, 2.05) is 60.0 Å². The predicted octanol–water partition coefficient (Wildman–Crippen LogP) is 6.75. The SMILES string of the molecule is CCc1cccc(N(CC)C(=O)Cn2c(C(=O)N[C@H]3CC[C@H](C(=O)NCCCCCCOc4ccc([N+](=O)[O-])c5nonc45)CC3)cc3ccccc32)c1. The van der Waals surface area contributed by atoms with Gasteiger partial charge in [-0.15, -0.1) is 0 Å². The van der Waals surface area contributed by atoms with E-state index >= 15 is 0 Å². The Morgan fingerprint density at radius 3 is 2.50 bits per heavy atom. The maximum Gasteiger partial charge on any atom is 0.301 e. The van der Waals surface area contributed by atoms with Crippen molar-refractivity contribution < 1.29 is 28.7 Å². The molecule has 0 saturated heterocycles. The zero-order valence-electron chi connectivity index (χ0n) is 30.8. The topological polar surface area (TPSA) is 175 Å². The lowest BCUT2D eigenvalue weighted by Crippen LogP contribution is -2.42. The number of para-hydroxylation sites is 1. The van der Waals surface area contributed by atoms with Crippen LogP contribution in [0.15, 0.2) is 71.4 Å². The number of hydrogen-bond donors (Lipinski definition) is 2. The van der Waals surface area contributed by atoms with E-state index in [1.165, 1.54) is 12.1 Å². The number of aryl methyl sites for hydroxylation is 1. The van der Waals surface area contributed by atoms with Gasteiger partial charge in [0, 0.05) is 47.7 Å². The Morgan fingerprint density at radius 1 is 0.944 bits per heavy atom. The number of unbranched alkanes of at least 4 members (excludes halogenated alkanes) is 3. The Morgan fingerprint density at radius 2 is 1.72 bits per heavy atom. The number of fused-ring (bicyclic) bond motifs is 2. The molecule has 0 bridgehead atoms. The number of nitrogens with zero attached hydrogens (tertiary/aromatic N) is 5. The third-order valence-electron chi connectivity index (χ3n) is 10.2. The summed E-state index contributed by atoms with van der Waals surface area (Å²) in [5.74, 6) is 0.0426. The van der Waals surface area contributed by atoms with Crippen molar-refractivity contribution in [3.63, 3.8) is 0 Å². The third kappa shape index (κ3) is 8.87. The quantitative estimate of drug-likeness (QED) is 0.0595. The first kappa shape index (κ1) is 38.0. The number of hydrogen-bond acceptors (Lipinski definition) is 9. The van der Waals surface area contributed by atoms with E-state index in [-0.39, 0.29) is 52.9 Å². The molecule has 0 unspecified atom stereocenters. The van der Waals surface area contributed by atoms with E-state index in [2.05, 4.69) is 38.6 Å². The third-order valence-corrected chi connectivity index (χ3v) is 10.2. The molecule has 284 valence electrons. The molecule has 14 heteroatoms. The van der Waals surface area contributed by atoms with E-state index < -0.39 is 4.92 Å². The van der Waals surface area contributed by atoms with Crippen molar-refractivity contribution in [2.75, 3.05) is 24.6 Å². The molecule has 2 aromatic heterocycles. The number of aromatic nitrogens is 3. The average Bonchev–Trinajstić information content (AvgIpc) is 3.82. The summed E-state index contributed by atoms with van der Waals surface area (Å²) in [5, 5.41) is 25.7. The highest BCUT2D eigenvalue weighted by molar-refractivity contribution is 6.01. The summed E-state index contributed by atoms with van der Waals surface area (Å²) in [7, 11) is 0. The second kappa shape index (κ2) is 17.8. The number of benzene rings is 3. The van der Waals surface area contributed by atoms with Crippen molar-refractivity contribution in [3.05, 3.63) is 88.1 Å². The first-order valence-electron chi connectivity index (χ1n) is 18.9. The van der Waals surface area contributed by atoms with Crippen LogP contribution in [0.1, 0.15) is 81.3 Å². The van der Waals surface area contributed by atoms with E-state index in [4.69, 9.17) is 4.74 Å². The number of amides is 3. The summed E-state index contributed by atoms with van der Waals surface area (Å²) in [6.07, 6.45) is 7.07. The molecule has 6 rings (SSSR count). The minimum Gasteiger partial charge on any atom is -0.491 e. The molecule has 1 saturated carbocycles. The lowest BCUT2D eigenvalue weighted by atomic mass is 9.85. The summed E-state index contributed by atoms with van der Waals surface area (Å²) < 4.78 is 12.3. The van der Waals surface area contributed by atoms with E-state index in [0.29, 0.717) is 56.8 Å². The van der Waals surface area contributed by atoms with Crippen LogP contribution in [-0.2, 0) is 22.6 Å². The number of anilines is 1. The van der Waals surface area contributed by atoms with Gasteiger partial charge in [0.1, 0.15) is 12.2 Å². The average molecular weight is 738 g/mol. The van der Waals surface area contributed by atoms with Gasteiger partial charge in [0.15, 0.2) is 11.3 Å². The fraction of sp³-hybridized carbons (Fsp3) is 0.425. The second-order valence-corrected chi connectivity index (χ2v) is 13.7. The molecule has 54 heavy (non-hydrogen) atoms. The van der Waals surface area contributed by atoms with Crippen molar-refractivity contribution in [2.45, 2.75) is 84.2 Å². The highest BCUT2D eigenvalue weighted by Crippen LogP contribution is 2.31. The van der Waals surface area contributed by atoms with Crippen LogP contribution >= 0.6 is 0 Å².